The maximum Gasteiger partial charge on any atom is 0.327 e. The molecule has 31 heavy (non-hydrogen) atoms. The van der Waals surface area contributed by atoms with Crippen LogP contribution in [0.3, 0.4) is 0 Å². The number of hydrogen-bond donors (Lipinski definition) is 0. The van der Waals surface area contributed by atoms with E-state index in [1.807, 2.05) is 47.6 Å². The van der Waals surface area contributed by atoms with E-state index >= 15 is 0 Å². The Morgan fingerprint density at radius 3 is 2.13 bits per heavy atom. The third-order valence-electron chi connectivity index (χ3n) is 6.17. The molecule has 3 amide bonds. The van der Waals surface area contributed by atoms with Crippen LogP contribution >= 0.6 is 0 Å². The standard InChI is InChI=1S/C23H24N6O2/c1-14-5-9-16(10-6-14)13-28-18-20(26(3)23(31)27(4)21(18)30)29-19(24-25-22(28)29)17-11-7-15(2)8-12-17/h5-12,18,20H,13H2,1-4H3. The Hall–Kier alpha value is -3.68. The highest BCUT2D eigenvalue weighted by atomic mass is 16.2. The van der Waals surface area contributed by atoms with Gasteiger partial charge in [-0.25, -0.2) is 4.79 Å². The van der Waals surface area contributed by atoms with Crippen molar-refractivity contribution in [2.45, 2.75) is 32.6 Å². The van der Waals surface area contributed by atoms with E-state index in [1.54, 1.807) is 11.9 Å². The number of hydrogen-bond acceptors (Lipinski definition) is 5. The smallest absolute Gasteiger partial charge is 0.321 e. The van der Waals surface area contributed by atoms with E-state index in [4.69, 9.17) is 0 Å². The van der Waals surface area contributed by atoms with Crippen molar-refractivity contribution in [1.82, 2.24) is 24.6 Å². The number of fused-ring (bicyclic) bond motifs is 3. The summed E-state index contributed by atoms with van der Waals surface area (Å²) in [5, 5.41) is 8.91. The summed E-state index contributed by atoms with van der Waals surface area (Å²) in [5.74, 6) is 1.00. The molecule has 3 heterocycles. The zero-order chi connectivity index (χ0) is 21.9. The highest BCUT2D eigenvalue weighted by Crippen LogP contribution is 2.42. The van der Waals surface area contributed by atoms with Crippen molar-refractivity contribution in [2.24, 2.45) is 0 Å². The van der Waals surface area contributed by atoms with E-state index in [0.717, 1.165) is 16.7 Å². The summed E-state index contributed by atoms with van der Waals surface area (Å²) in [5.41, 5.74) is 4.28. The summed E-state index contributed by atoms with van der Waals surface area (Å²) >= 11 is 0. The monoisotopic (exact) mass is 416 g/mol. The van der Waals surface area contributed by atoms with Crippen LogP contribution in [0.5, 0.6) is 0 Å². The minimum atomic E-state index is -0.566. The van der Waals surface area contributed by atoms with Gasteiger partial charge in [0, 0.05) is 26.2 Å². The maximum atomic E-state index is 13.3. The van der Waals surface area contributed by atoms with Crippen molar-refractivity contribution < 1.29 is 9.59 Å². The predicted molar refractivity (Wildman–Crippen MR) is 116 cm³/mol. The van der Waals surface area contributed by atoms with Crippen LogP contribution in [-0.4, -0.2) is 56.6 Å². The molecule has 8 nitrogen and oxygen atoms in total. The molecule has 0 N–H and O–H groups in total. The molecular weight excluding hydrogens is 392 g/mol. The van der Waals surface area contributed by atoms with Crippen LogP contribution in [0.4, 0.5) is 10.7 Å². The lowest BCUT2D eigenvalue weighted by molar-refractivity contribution is -0.133. The van der Waals surface area contributed by atoms with Gasteiger partial charge in [0.15, 0.2) is 11.9 Å². The van der Waals surface area contributed by atoms with E-state index in [2.05, 4.69) is 34.5 Å². The van der Waals surface area contributed by atoms with Gasteiger partial charge in [0.1, 0.15) is 6.17 Å². The molecule has 2 aromatic carbocycles. The number of nitrogens with zero attached hydrogens (tertiary/aromatic N) is 6. The van der Waals surface area contributed by atoms with Gasteiger partial charge >= 0.3 is 6.03 Å². The molecular formula is C23H24N6O2. The number of aromatic nitrogens is 3. The molecule has 0 saturated carbocycles. The summed E-state index contributed by atoms with van der Waals surface area (Å²) in [6, 6.07) is 15.3. The van der Waals surface area contributed by atoms with Crippen molar-refractivity contribution in [1.29, 1.82) is 0 Å². The summed E-state index contributed by atoms with van der Waals surface area (Å²) in [4.78, 5) is 30.8. The number of carbonyl (C=O) groups is 2. The summed E-state index contributed by atoms with van der Waals surface area (Å²) in [7, 11) is 3.25. The van der Waals surface area contributed by atoms with Gasteiger partial charge in [0.05, 0.1) is 0 Å². The minimum absolute atomic E-state index is 0.236. The lowest BCUT2D eigenvalue weighted by Gasteiger charge is -2.40. The number of amides is 3. The molecule has 1 saturated heterocycles. The first-order valence-corrected chi connectivity index (χ1v) is 10.3. The average Bonchev–Trinajstić information content (AvgIpc) is 3.32. The molecule has 5 rings (SSSR count). The summed E-state index contributed by atoms with van der Waals surface area (Å²) in [6.07, 6.45) is -0.511. The molecule has 158 valence electrons. The van der Waals surface area contributed by atoms with Crippen molar-refractivity contribution in [3.8, 4) is 11.4 Å². The predicted octanol–water partition coefficient (Wildman–Crippen LogP) is 2.97. The summed E-state index contributed by atoms with van der Waals surface area (Å²) < 4.78 is 1.92. The van der Waals surface area contributed by atoms with E-state index in [9.17, 15) is 9.59 Å². The van der Waals surface area contributed by atoms with Crippen LogP contribution in [0.1, 0.15) is 22.9 Å². The SMILES string of the molecule is Cc1ccc(CN2c3nnc(-c4ccc(C)cc4)n3C3C2C(=O)N(C)C(=O)N3C)cc1. The van der Waals surface area contributed by atoms with E-state index in [-0.39, 0.29) is 11.9 Å². The number of rotatable bonds is 3. The number of likely N-dealkylation sites (N-methyl/N-ethyl adjacent to an activating group) is 2. The fourth-order valence-electron chi connectivity index (χ4n) is 4.40. The zero-order valence-electron chi connectivity index (χ0n) is 18.0. The van der Waals surface area contributed by atoms with Gasteiger partial charge in [-0.15, -0.1) is 10.2 Å². The highest BCUT2D eigenvalue weighted by Gasteiger charge is 2.54. The first-order chi connectivity index (χ1) is 14.9. The largest absolute Gasteiger partial charge is 0.327 e. The van der Waals surface area contributed by atoms with Gasteiger partial charge in [0.25, 0.3) is 5.91 Å². The highest BCUT2D eigenvalue weighted by molar-refractivity contribution is 6.02. The van der Waals surface area contributed by atoms with Gasteiger partial charge in [0.2, 0.25) is 5.95 Å². The van der Waals surface area contributed by atoms with Crippen LogP contribution < -0.4 is 4.90 Å². The number of imide groups is 1. The van der Waals surface area contributed by atoms with Gasteiger partial charge in [-0.2, -0.15) is 0 Å². The van der Waals surface area contributed by atoms with Crippen molar-refractivity contribution in [3.63, 3.8) is 0 Å². The molecule has 8 heteroatoms. The van der Waals surface area contributed by atoms with Crippen molar-refractivity contribution >= 4 is 17.9 Å². The number of anilines is 1. The third-order valence-corrected chi connectivity index (χ3v) is 6.17. The fraction of sp³-hybridized carbons (Fsp3) is 0.304. The number of aryl methyl sites for hydroxylation is 2. The van der Waals surface area contributed by atoms with Gasteiger partial charge in [-0.3, -0.25) is 14.3 Å². The van der Waals surface area contributed by atoms with Gasteiger partial charge in [-0.1, -0.05) is 59.7 Å². The van der Waals surface area contributed by atoms with Crippen LogP contribution in [0.2, 0.25) is 0 Å². The van der Waals surface area contributed by atoms with E-state index < -0.39 is 12.2 Å². The van der Waals surface area contributed by atoms with Crippen LogP contribution in [0.15, 0.2) is 48.5 Å². The van der Waals surface area contributed by atoms with E-state index in [0.29, 0.717) is 18.3 Å². The van der Waals surface area contributed by atoms with E-state index in [1.165, 1.54) is 17.5 Å². The number of benzene rings is 2. The molecule has 1 fully saturated rings. The topological polar surface area (TPSA) is 74.6 Å². The second-order valence-electron chi connectivity index (χ2n) is 8.32. The van der Waals surface area contributed by atoms with Crippen LogP contribution in [0, 0.1) is 13.8 Å². The molecule has 1 aromatic heterocycles. The average molecular weight is 416 g/mol. The quantitative estimate of drug-likeness (QED) is 0.656. The Balaban J connectivity index is 1.64. The minimum Gasteiger partial charge on any atom is -0.321 e. The first kappa shape index (κ1) is 19.3. The Labute approximate surface area is 180 Å². The fourth-order valence-corrected chi connectivity index (χ4v) is 4.40. The lowest BCUT2D eigenvalue weighted by atomic mass is 10.1. The first-order valence-electron chi connectivity index (χ1n) is 10.3. The molecule has 0 spiro atoms. The Bertz CT molecular complexity index is 1170. The van der Waals surface area contributed by atoms with Gasteiger partial charge in [-0.05, 0) is 19.4 Å². The Morgan fingerprint density at radius 2 is 1.48 bits per heavy atom. The normalized spacial score (nSPS) is 20.3. The molecule has 2 atom stereocenters. The van der Waals surface area contributed by atoms with Crippen LogP contribution in [-0.2, 0) is 11.3 Å². The number of carbonyl (C=O) groups excluding carboxylic acids is 2. The molecule has 0 bridgehead atoms. The van der Waals surface area contributed by atoms with Gasteiger partial charge < -0.3 is 9.80 Å². The third kappa shape index (κ3) is 2.90. The van der Waals surface area contributed by atoms with Crippen molar-refractivity contribution in [3.05, 3.63) is 65.2 Å². The molecule has 3 aromatic rings. The zero-order valence-corrected chi connectivity index (χ0v) is 18.0. The molecule has 0 radical (unpaired) electrons. The second kappa shape index (κ2) is 6.94. The second-order valence-corrected chi connectivity index (χ2v) is 8.32. The summed E-state index contributed by atoms with van der Waals surface area (Å²) in [6.45, 7) is 4.56. The lowest BCUT2D eigenvalue weighted by Crippen LogP contribution is -2.61. The maximum absolute atomic E-state index is 13.3. The van der Waals surface area contributed by atoms with Crippen LogP contribution in [0.25, 0.3) is 11.4 Å². The number of urea groups is 1. The van der Waals surface area contributed by atoms with Crippen molar-refractivity contribution in [2.75, 3.05) is 19.0 Å². The molecule has 0 aliphatic carbocycles. The Morgan fingerprint density at radius 1 is 0.871 bits per heavy atom. The Kier molecular flexibility index (Phi) is 4.32. The molecule has 2 aliphatic heterocycles. The molecule has 2 unspecified atom stereocenters. The molecule has 2 aliphatic rings.